The topological polar surface area (TPSA) is 103 Å². The van der Waals surface area contributed by atoms with Gasteiger partial charge in [0.15, 0.2) is 0 Å². The number of nitrogens with zero attached hydrogens (tertiary/aromatic N) is 3. The molecule has 124 valence electrons. The second-order valence-corrected chi connectivity index (χ2v) is 5.46. The van der Waals surface area contributed by atoms with Crippen molar-refractivity contribution in [3.05, 3.63) is 47.7 Å². The van der Waals surface area contributed by atoms with Crippen LogP contribution in [-0.2, 0) is 4.79 Å². The van der Waals surface area contributed by atoms with Crippen molar-refractivity contribution < 1.29 is 4.79 Å². The highest BCUT2D eigenvalue weighted by molar-refractivity contribution is 5.87. The molecule has 24 heavy (non-hydrogen) atoms. The number of nitrogens with one attached hydrogen (secondary N) is 3. The maximum absolute atomic E-state index is 12.0. The van der Waals surface area contributed by atoms with Gasteiger partial charge in [-0.1, -0.05) is 6.58 Å². The highest BCUT2D eigenvalue weighted by atomic mass is 16.2. The van der Waals surface area contributed by atoms with E-state index in [1.807, 2.05) is 0 Å². The van der Waals surface area contributed by atoms with Crippen LogP contribution in [0.5, 0.6) is 0 Å². The molecule has 0 radical (unpaired) electrons. The molecule has 0 bridgehead atoms. The molecule has 0 atom stereocenters. The number of anilines is 2. The third-order valence-corrected chi connectivity index (χ3v) is 3.82. The van der Waals surface area contributed by atoms with Crippen LogP contribution in [0, 0.1) is 0 Å². The van der Waals surface area contributed by atoms with E-state index < -0.39 is 0 Å². The fourth-order valence-electron chi connectivity index (χ4n) is 2.46. The van der Waals surface area contributed by atoms with Crippen LogP contribution in [0.1, 0.15) is 0 Å². The third-order valence-electron chi connectivity index (χ3n) is 3.82. The number of likely N-dealkylation sites (tertiary alicyclic amines) is 1. The summed E-state index contributed by atoms with van der Waals surface area (Å²) in [4.78, 5) is 36.3. The van der Waals surface area contributed by atoms with E-state index in [2.05, 4.69) is 32.2 Å². The molecule has 2 aromatic heterocycles. The van der Waals surface area contributed by atoms with E-state index in [9.17, 15) is 9.59 Å². The van der Waals surface area contributed by atoms with Crippen molar-refractivity contribution in [1.29, 1.82) is 0 Å². The molecule has 0 aromatic carbocycles. The van der Waals surface area contributed by atoms with Crippen LogP contribution >= 0.6 is 0 Å². The Bertz CT molecular complexity index is 825. The molecule has 0 unspecified atom stereocenters. The Labute approximate surface area is 138 Å². The van der Waals surface area contributed by atoms with Gasteiger partial charge in [-0.15, -0.1) is 0 Å². The monoisotopic (exact) mass is 326 g/mol. The Morgan fingerprint density at radius 2 is 2.25 bits per heavy atom. The lowest BCUT2D eigenvalue weighted by Crippen LogP contribution is -2.56. The maximum Gasteiger partial charge on any atom is 0.271 e. The zero-order valence-corrected chi connectivity index (χ0v) is 13.2. The van der Waals surface area contributed by atoms with Crippen LogP contribution in [0.2, 0.25) is 0 Å². The lowest BCUT2D eigenvalue weighted by molar-refractivity contribution is -0.129. The van der Waals surface area contributed by atoms with E-state index in [-0.39, 0.29) is 17.5 Å². The van der Waals surface area contributed by atoms with Gasteiger partial charge < -0.3 is 20.5 Å². The molecule has 8 heteroatoms. The zero-order valence-electron chi connectivity index (χ0n) is 13.2. The van der Waals surface area contributed by atoms with Gasteiger partial charge in [-0.3, -0.25) is 14.6 Å². The van der Waals surface area contributed by atoms with Gasteiger partial charge in [0.05, 0.1) is 24.1 Å². The molecule has 2 aromatic rings. The number of H-pyrrole nitrogens is 1. The Kier molecular flexibility index (Phi) is 4.28. The van der Waals surface area contributed by atoms with E-state index in [1.165, 1.54) is 6.08 Å². The van der Waals surface area contributed by atoms with Crippen LogP contribution < -0.4 is 16.2 Å². The number of rotatable bonds is 5. The summed E-state index contributed by atoms with van der Waals surface area (Å²) in [7, 11) is 1.76. The molecule has 0 aliphatic carbocycles. The fourth-order valence-corrected chi connectivity index (χ4v) is 2.46. The average molecular weight is 326 g/mol. The summed E-state index contributed by atoms with van der Waals surface area (Å²) in [5.41, 5.74) is 1.63. The summed E-state index contributed by atoms with van der Waals surface area (Å²) in [6, 6.07) is 1.78. The van der Waals surface area contributed by atoms with E-state index in [0.717, 1.165) is 5.56 Å². The number of aromatic amines is 1. The summed E-state index contributed by atoms with van der Waals surface area (Å²) >= 11 is 0. The molecule has 1 aliphatic heterocycles. The molecule has 1 saturated heterocycles. The predicted molar refractivity (Wildman–Crippen MR) is 91.8 cm³/mol. The second kappa shape index (κ2) is 6.53. The highest BCUT2D eigenvalue weighted by Gasteiger charge is 2.29. The number of hydrogen-bond donors (Lipinski definition) is 3. The summed E-state index contributed by atoms with van der Waals surface area (Å²) in [5, 5.41) is 6.09. The van der Waals surface area contributed by atoms with Gasteiger partial charge >= 0.3 is 0 Å². The Balaban J connectivity index is 1.76. The summed E-state index contributed by atoms with van der Waals surface area (Å²) in [6.45, 7) is 4.55. The first-order valence-corrected chi connectivity index (χ1v) is 7.51. The van der Waals surface area contributed by atoms with Crippen molar-refractivity contribution in [2.24, 2.45) is 0 Å². The molecule has 3 heterocycles. The van der Waals surface area contributed by atoms with Gasteiger partial charge in [0.25, 0.3) is 5.56 Å². The van der Waals surface area contributed by atoms with Crippen LogP contribution in [0.25, 0.3) is 11.3 Å². The van der Waals surface area contributed by atoms with Crippen molar-refractivity contribution in [3.8, 4) is 11.3 Å². The van der Waals surface area contributed by atoms with Gasteiger partial charge in [-0.2, -0.15) is 0 Å². The van der Waals surface area contributed by atoms with Gasteiger partial charge in [0, 0.05) is 31.9 Å². The van der Waals surface area contributed by atoms with Crippen molar-refractivity contribution in [2.45, 2.75) is 6.04 Å². The van der Waals surface area contributed by atoms with Crippen LogP contribution in [0.3, 0.4) is 0 Å². The van der Waals surface area contributed by atoms with Crippen molar-refractivity contribution in [3.63, 3.8) is 0 Å². The summed E-state index contributed by atoms with van der Waals surface area (Å²) in [5.74, 6) is 0.542. The first-order valence-electron chi connectivity index (χ1n) is 7.51. The molecule has 0 spiro atoms. The molecule has 1 aliphatic rings. The summed E-state index contributed by atoms with van der Waals surface area (Å²) in [6.07, 6.45) is 6.14. The number of hydrogen-bond acceptors (Lipinski definition) is 6. The number of aromatic nitrogens is 3. The van der Waals surface area contributed by atoms with Gasteiger partial charge in [0.1, 0.15) is 11.5 Å². The normalized spacial score (nSPS) is 14.0. The quantitative estimate of drug-likeness (QED) is 0.698. The van der Waals surface area contributed by atoms with Crippen molar-refractivity contribution >= 4 is 17.4 Å². The fraction of sp³-hybridized carbons (Fsp3) is 0.250. The Hall–Kier alpha value is -3.16. The third kappa shape index (κ3) is 3.12. The smallest absolute Gasteiger partial charge is 0.271 e. The van der Waals surface area contributed by atoms with Gasteiger partial charge in [-0.25, -0.2) is 4.98 Å². The number of carbonyl (C=O) groups is 1. The molecule has 0 saturated carbocycles. The first kappa shape index (κ1) is 15.7. The van der Waals surface area contributed by atoms with E-state index in [4.69, 9.17) is 0 Å². The van der Waals surface area contributed by atoms with E-state index in [1.54, 1.807) is 36.6 Å². The second-order valence-electron chi connectivity index (χ2n) is 5.46. The minimum atomic E-state index is -0.218. The van der Waals surface area contributed by atoms with Gasteiger partial charge in [-0.05, 0) is 12.1 Å². The van der Waals surface area contributed by atoms with Gasteiger partial charge in [0.2, 0.25) is 5.91 Å². The lowest BCUT2D eigenvalue weighted by Gasteiger charge is -2.39. The van der Waals surface area contributed by atoms with E-state index >= 15 is 0 Å². The van der Waals surface area contributed by atoms with Crippen molar-refractivity contribution in [1.82, 2.24) is 19.9 Å². The average Bonchev–Trinajstić information content (AvgIpc) is 2.58. The molecule has 1 amide bonds. The minimum Gasteiger partial charge on any atom is -0.374 e. The molecule has 8 nitrogen and oxygen atoms in total. The number of carbonyl (C=O) groups excluding carboxylic acids is 1. The van der Waals surface area contributed by atoms with Crippen molar-refractivity contribution in [2.75, 3.05) is 30.8 Å². The van der Waals surface area contributed by atoms with Crippen LogP contribution in [0.15, 0.2) is 42.1 Å². The molecule has 1 fully saturated rings. The molecular formula is C16H18N6O2. The number of amides is 1. The Morgan fingerprint density at radius 3 is 2.96 bits per heavy atom. The Morgan fingerprint density at radius 1 is 1.46 bits per heavy atom. The molecule has 3 rings (SSSR count). The largest absolute Gasteiger partial charge is 0.374 e. The van der Waals surface area contributed by atoms with Crippen LogP contribution in [0.4, 0.5) is 11.5 Å². The predicted octanol–water partition coefficient (Wildman–Crippen LogP) is 0.682. The minimum absolute atomic E-state index is 0.0416. The highest BCUT2D eigenvalue weighted by Crippen LogP contribution is 2.20. The summed E-state index contributed by atoms with van der Waals surface area (Å²) < 4.78 is 0. The standard InChI is InChI=1S/C16H18N6O2/c1-3-15(23)22-8-11(9-22)20-12-4-10(5-19-16(12)24)13-6-18-7-14(17-2)21-13/h3-7,11,20H,1,8-9H2,2H3,(H,17,21)(H,19,24). The molecule has 3 N–H and O–H groups in total. The zero-order chi connectivity index (χ0) is 17.1. The molecular weight excluding hydrogens is 308 g/mol. The number of pyridine rings is 1. The SMILES string of the molecule is C=CC(=O)N1CC(Nc2cc(-c3cncc(NC)n3)c[nH]c2=O)C1. The lowest BCUT2D eigenvalue weighted by atomic mass is 10.1. The maximum atomic E-state index is 12.0. The van der Waals surface area contributed by atoms with E-state index in [0.29, 0.717) is 30.3 Å². The first-order chi connectivity index (χ1) is 11.6. The van der Waals surface area contributed by atoms with Crippen LogP contribution in [-0.4, -0.2) is 51.9 Å².